The predicted molar refractivity (Wildman–Crippen MR) is 92.9 cm³/mol. The number of fused-ring (bicyclic) bond motifs is 1. The molecule has 3 nitrogen and oxygen atoms in total. The molecule has 5 heteroatoms. The smallest absolute Gasteiger partial charge is 0.115 e. The molecule has 0 aliphatic carbocycles. The third-order valence-electron chi connectivity index (χ3n) is 3.26. The van der Waals surface area contributed by atoms with Crippen LogP contribution in [0.3, 0.4) is 0 Å². The van der Waals surface area contributed by atoms with Gasteiger partial charge in [-0.25, -0.2) is 4.98 Å². The van der Waals surface area contributed by atoms with Crippen molar-refractivity contribution in [2.24, 2.45) is 0 Å². The van der Waals surface area contributed by atoms with Gasteiger partial charge in [-0.3, -0.25) is 4.57 Å². The van der Waals surface area contributed by atoms with Gasteiger partial charge in [0.15, 0.2) is 0 Å². The molecular formula is C16H11ClIN3. The number of halogens is 2. The first-order chi connectivity index (χ1) is 10.2. The Hall–Kier alpha value is -1.58. The number of aryl methyl sites for hydroxylation is 1. The van der Waals surface area contributed by atoms with Crippen molar-refractivity contribution in [1.29, 1.82) is 5.26 Å². The Morgan fingerprint density at radius 1 is 1.19 bits per heavy atom. The second-order valence-corrected chi connectivity index (χ2v) is 6.22. The summed E-state index contributed by atoms with van der Waals surface area (Å²) in [6, 6.07) is 15.8. The molecule has 0 fully saturated rings. The number of nitriles is 1. The third-order valence-corrected chi connectivity index (χ3v) is 4.12. The van der Waals surface area contributed by atoms with Crippen LogP contribution in [0.15, 0.2) is 42.5 Å². The van der Waals surface area contributed by atoms with E-state index in [2.05, 4.69) is 51.4 Å². The van der Waals surface area contributed by atoms with Crippen molar-refractivity contribution in [3.8, 4) is 11.8 Å². The Morgan fingerprint density at radius 3 is 2.62 bits per heavy atom. The summed E-state index contributed by atoms with van der Waals surface area (Å²) in [5, 5.41) is 8.91. The normalized spacial score (nSPS) is 10.7. The zero-order valence-electron chi connectivity index (χ0n) is 11.1. The summed E-state index contributed by atoms with van der Waals surface area (Å²) in [6.07, 6.45) is 0.701. The van der Waals surface area contributed by atoms with Crippen molar-refractivity contribution in [2.45, 2.75) is 6.42 Å². The van der Waals surface area contributed by atoms with Crippen LogP contribution in [0, 0.1) is 14.9 Å². The maximum Gasteiger partial charge on any atom is 0.115 e. The molecule has 0 unspecified atom stereocenters. The lowest BCUT2D eigenvalue weighted by Gasteiger charge is -2.08. The Labute approximate surface area is 141 Å². The van der Waals surface area contributed by atoms with Crippen LogP contribution in [-0.4, -0.2) is 15.4 Å². The predicted octanol–water partition coefficient (Wildman–Crippen LogP) is 4.28. The number of benzene rings is 2. The lowest BCUT2D eigenvalue weighted by atomic mass is 10.2. The maximum atomic E-state index is 8.91. The van der Waals surface area contributed by atoms with Crippen LogP contribution in [0.1, 0.15) is 11.4 Å². The molecule has 0 aliphatic heterocycles. The topological polar surface area (TPSA) is 41.6 Å². The lowest BCUT2D eigenvalue weighted by Crippen LogP contribution is -2.02. The quantitative estimate of drug-likeness (QED) is 0.480. The van der Waals surface area contributed by atoms with Gasteiger partial charge in [0.1, 0.15) is 5.82 Å². The number of rotatable bonds is 3. The lowest BCUT2D eigenvalue weighted by molar-refractivity contribution is 0.912. The molecule has 0 saturated heterocycles. The summed E-state index contributed by atoms with van der Waals surface area (Å²) in [6.45, 7) is 0. The molecule has 1 heterocycles. The molecule has 3 rings (SSSR count). The molecule has 0 spiro atoms. The molecule has 0 N–H and O–H groups in total. The van der Waals surface area contributed by atoms with Crippen LogP contribution < -0.4 is 0 Å². The van der Waals surface area contributed by atoms with Gasteiger partial charge in [0.05, 0.1) is 22.7 Å². The van der Waals surface area contributed by atoms with Crippen molar-refractivity contribution in [3.63, 3.8) is 0 Å². The minimum atomic E-state index is 0.524. The van der Waals surface area contributed by atoms with E-state index in [1.165, 1.54) is 0 Å². The van der Waals surface area contributed by atoms with Gasteiger partial charge in [-0.05, 0) is 65.1 Å². The van der Waals surface area contributed by atoms with Gasteiger partial charge < -0.3 is 0 Å². The largest absolute Gasteiger partial charge is 0.296 e. The van der Waals surface area contributed by atoms with Gasteiger partial charge in [0.2, 0.25) is 0 Å². The number of hydrogen-bond donors (Lipinski definition) is 0. The fraction of sp³-hybridized carbons (Fsp3) is 0.125. The first kappa shape index (κ1) is 14.4. The van der Waals surface area contributed by atoms with E-state index in [0.717, 1.165) is 26.1 Å². The second-order valence-electron chi connectivity index (χ2n) is 4.59. The highest BCUT2D eigenvalue weighted by Crippen LogP contribution is 2.24. The second kappa shape index (κ2) is 6.04. The molecule has 3 aromatic rings. The number of alkyl halides is 1. The first-order valence-electron chi connectivity index (χ1n) is 6.46. The highest BCUT2D eigenvalue weighted by molar-refractivity contribution is 14.1. The zero-order chi connectivity index (χ0) is 14.8. The minimum absolute atomic E-state index is 0.524. The molecular weight excluding hydrogens is 397 g/mol. The summed E-state index contributed by atoms with van der Waals surface area (Å²) in [4.78, 5) is 4.69. The first-order valence-corrected chi connectivity index (χ1v) is 8.07. The van der Waals surface area contributed by atoms with E-state index in [4.69, 9.17) is 21.8 Å². The van der Waals surface area contributed by atoms with E-state index in [1.807, 2.05) is 24.3 Å². The van der Waals surface area contributed by atoms with E-state index in [9.17, 15) is 0 Å². The van der Waals surface area contributed by atoms with Gasteiger partial charge in [-0.1, -0.05) is 0 Å². The summed E-state index contributed by atoms with van der Waals surface area (Å²) in [7, 11) is 0. The summed E-state index contributed by atoms with van der Waals surface area (Å²) < 4.78 is 3.26. The van der Waals surface area contributed by atoms with E-state index >= 15 is 0 Å². The summed E-state index contributed by atoms with van der Waals surface area (Å²) in [5.41, 5.74) is 3.67. The number of aromatic nitrogens is 2. The molecule has 1 aromatic heterocycles. The molecule has 0 amide bonds. The minimum Gasteiger partial charge on any atom is -0.296 e. The van der Waals surface area contributed by atoms with Crippen LogP contribution in [0.5, 0.6) is 0 Å². The average Bonchev–Trinajstić information content (AvgIpc) is 2.85. The summed E-state index contributed by atoms with van der Waals surface area (Å²) >= 11 is 8.19. The Bertz CT molecular complexity index is 831. The van der Waals surface area contributed by atoms with Crippen molar-refractivity contribution in [2.75, 3.05) is 5.88 Å². The zero-order valence-corrected chi connectivity index (χ0v) is 14.0. The molecule has 0 bridgehead atoms. The molecule has 21 heavy (non-hydrogen) atoms. The molecule has 104 valence electrons. The van der Waals surface area contributed by atoms with Gasteiger partial charge in [-0.15, -0.1) is 11.6 Å². The monoisotopic (exact) mass is 407 g/mol. The van der Waals surface area contributed by atoms with Crippen LogP contribution >= 0.6 is 34.2 Å². The van der Waals surface area contributed by atoms with Crippen LogP contribution in [0.2, 0.25) is 0 Å². The van der Waals surface area contributed by atoms with Crippen molar-refractivity contribution in [3.05, 3.63) is 57.4 Å². The van der Waals surface area contributed by atoms with E-state index in [0.29, 0.717) is 17.9 Å². The molecule has 0 saturated carbocycles. The Balaban J connectivity index is 2.22. The van der Waals surface area contributed by atoms with E-state index < -0.39 is 0 Å². The maximum absolute atomic E-state index is 8.91. The van der Waals surface area contributed by atoms with E-state index in [-0.39, 0.29) is 0 Å². The van der Waals surface area contributed by atoms with Crippen LogP contribution in [0.25, 0.3) is 16.7 Å². The third kappa shape index (κ3) is 2.76. The SMILES string of the molecule is N#Cc1ccc(-n2c(CCCl)nc3cc(I)ccc32)cc1. The fourth-order valence-electron chi connectivity index (χ4n) is 2.33. The van der Waals surface area contributed by atoms with Gasteiger partial charge in [0, 0.05) is 21.6 Å². The molecule has 2 aromatic carbocycles. The van der Waals surface area contributed by atoms with E-state index in [1.54, 1.807) is 0 Å². The Kier molecular flexibility index (Phi) is 4.13. The van der Waals surface area contributed by atoms with Gasteiger partial charge >= 0.3 is 0 Å². The number of imidazole rings is 1. The molecule has 0 radical (unpaired) electrons. The highest BCUT2D eigenvalue weighted by Gasteiger charge is 2.12. The van der Waals surface area contributed by atoms with Crippen molar-refractivity contribution >= 4 is 45.2 Å². The number of nitrogens with zero attached hydrogens (tertiary/aromatic N) is 3. The fourth-order valence-corrected chi connectivity index (χ4v) is 2.97. The standard InChI is InChI=1S/C16H11ClIN3/c17-8-7-16-20-14-9-12(18)3-6-15(14)21(16)13-4-1-11(10-19)2-5-13/h1-6,9H,7-8H2. The average molecular weight is 408 g/mol. The molecule has 0 atom stereocenters. The Morgan fingerprint density at radius 2 is 1.95 bits per heavy atom. The van der Waals surface area contributed by atoms with Crippen LogP contribution in [-0.2, 0) is 6.42 Å². The highest BCUT2D eigenvalue weighted by atomic mass is 127. The number of hydrogen-bond acceptors (Lipinski definition) is 2. The van der Waals surface area contributed by atoms with Crippen molar-refractivity contribution < 1.29 is 0 Å². The van der Waals surface area contributed by atoms with Gasteiger partial charge in [-0.2, -0.15) is 5.26 Å². The van der Waals surface area contributed by atoms with Crippen molar-refractivity contribution in [1.82, 2.24) is 9.55 Å². The molecule has 0 aliphatic rings. The van der Waals surface area contributed by atoms with Gasteiger partial charge in [0.25, 0.3) is 0 Å². The van der Waals surface area contributed by atoms with Crippen LogP contribution in [0.4, 0.5) is 0 Å². The summed E-state index contributed by atoms with van der Waals surface area (Å²) in [5.74, 6) is 1.46.